The zero-order valence-corrected chi connectivity index (χ0v) is 13.2. The number of rotatable bonds is 4. The highest BCUT2D eigenvalue weighted by Crippen LogP contribution is 2.33. The lowest BCUT2D eigenvalue weighted by molar-refractivity contribution is -0.274. The van der Waals surface area contributed by atoms with Gasteiger partial charge in [0, 0.05) is 6.04 Å². The summed E-state index contributed by atoms with van der Waals surface area (Å²) in [5.74, 6) is -0.836. The van der Waals surface area contributed by atoms with Gasteiger partial charge < -0.3 is 15.4 Å². The molecule has 1 fully saturated rings. The van der Waals surface area contributed by atoms with Crippen LogP contribution in [0.1, 0.15) is 48.5 Å². The summed E-state index contributed by atoms with van der Waals surface area (Å²) in [6.45, 7) is 5.14. The van der Waals surface area contributed by atoms with Crippen molar-refractivity contribution in [1.29, 1.82) is 0 Å². The number of benzene rings is 1. The summed E-state index contributed by atoms with van der Waals surface area (Å²) in [5, 5.41) is 5.80. The standard InChI is InChI=1S/C16H21F3N2O2/c1-10(2)21-15(22)13-4-3-12(11-5-7-20-8-6-11)9-14(13)23-16(17,18)19/h3-4,9-11,20H,5-8H2,1-2H3,(H,21,22). The van der Waals surface area contributed by atoms with Gasteiger partial charge in [0.1, 0.15) is 5.75 Å². The zero-order valence-electron chi connectivity index (χ0n) is 13.2. The van der Waals surface area contributed by atoms with Crippen LogP contribution in [0.25, 0.3) is 0 Å². The molecule has 0 unspecified atom stereocenters. The van der Waals surface area contributed by atoms with Gasteiger partial charge in [-0.25, -0.2) is 0 Å². The number of carbonyl (C=O) groups excluding carboxylic acids is 1. The molecule has 4 nitrogen and oxygen atoms in total. The Labute approximate surface area is 133 Å². The van der Waals surface area contributed by atoms with Gasteiger partial charge in [0.15, 0.2) is 0 Å². The second-order valence-corrected chi connectivity index (χ2v) is 5.96. The number of hydrogen-bond donors (Lipinski definition) is 2. The van der Waals surface area contributed by atoms with Crippen LogP contribution >= 0.6 is 0 Å². The Hall–Kier alpha value is -1.76. The highest BCUT2D eigenvalue weighted by Gasteiger charge is 2.33. The van der Waals surface area contributed by atoms with E-state index in [0.717, 1.165) is 31.5 Å². The number of carbonyl (C=O) groups is 1. The third kappa shape index (κ3) is 5.13. The first-order valence-corrected chi connectivity index (χ1v) is 7.67. The van der Waals surface area contributed by atoms with Crippen LogP contribution in [-0.2, 0) is 0 Å². The third-order valence-electron chi connectivity index (χ3n) is 3.71. The molecule has 0 aromatic heterocycles. The molecule has 0 saturated carbocycles. The van der Waals surface area contributed by atoms with Crippen molar-refractivity contribution in [2.75, 3.05) is 13.1 Å². The summed E-state index contributed by atoms with van der Waals surface area (Å²) in [5.41, 5.74) is 0.667. The van der Waals surface area contributed by atoms with Crippen LogP contribution in [-0.4, -0.2) is 31.4 Å². The molecule has 1 aliphatic heterocycles. The van der Waals surface area contributed by atoms with Crippen molar-refractivity contribution in [3.05, 3.63) is 29.3 Å². The van der Waals surface area contributed by atoms with Crippen molar-refractivity contribution in [3.8, 4) is 5.75 Å². The Morgan fingerprint density at radius 2 is 1.96 bits per heavy atom. The second-order valence-electron chi connectivity index (χ2n) is 5.96. The van der Waals surface area contributed by atoms with Crippen molar-refractivity contribution < 1.29 is 22.7 Å². The first-order chi connectivity index (χ1) is 10.8. The molecule has 2 rings (SSSR count). The van der Waals surface area contributed by atoms with Crippen LogP contribution in [0.2, 0.25) is 0 Å². The van der Waals surface area contributed by atoms with Crippen molar-refractivity contribution in [1.82, 2.24) is 10.6 Å². The summed E-state index contributed by atoms with van der Waals surface area (Å²) in [7, 11) is 0. The maximum atomic E-state index is 12.7. The molecule has 0 radical (unpaired) electrons. The summed E-state index contributed by atoms with van der Waals surface area (Å²) < 4.78 is 42.1. The molecule has 7 heteroatoms. The van der Waals surface area contributed by atoms with Gasteiger partial charge in [-0.3, -0.25) is 4.79 Å². The topological polar surface area (TPSA) is 50.4 Å². The molecule has 23 heavy (non-hydrogen) atoms. The maximum Gasteiger partial charge on any atom is 0.573 e. The molecule has 1 aromatic carbocycles. The lowest BCUT2D eigenvalue weighted by Crippen LogP contribution is -2.31. The van der Waals surface area contributed by atoms with Crippen LogP contribution in [0.3, 0.4) is 0 Å². The van der Waals surface area contributed by atoms with Crippen molar-refractivity contribution in [3.63, 3.8) is 0 Å². The van der Waals surface area contributed by atoms with E-state index in [1.54, 1.807) is 19.9 Å². The molecule has 128 valence electrons. The summed E-state index contributed by atoms with van der Waals surface area (Å²) >= 11 is 0. The van der Waals surface area contributed by atoms with E-state index in [9.17, 15) is 18.0 Å². The van der Waals surface area contributed by atoms with Crippen LogP contribution < -0.4 is 15.4 Å². The quantitative estimate of drug-likeness (QED) is 0.891. The first kappa shape index (κ1) is 17.6. The average Bonchev–Trinajstić information content (AvgIpc) is 2.45. The van der Waals surface area contributed by atoms with Crippen LogP contribution in [0.4, 0.5) is 13.2 Å². The number of halogens is 3. The average molecular weight is 330 g/mol. The molecule has 0 atom stereocenters. The minimum Gasteiger partial charge on any atom is -0.405 e. The van der Waals surface area contributed by atoms with Crippen molar-refractivity contribution >= 4 is 5.91 Å². The van der Waals surface area contributed by atoms with E-state index in [1.165, 1.54) is 12.1 Å². The number of alkyl halides is 3. The molecule has 2 N–H and O–H groups in total. The van der Waals surface area contributed by atoms with E-state index in [0.29, 0.717) is 0 Å². The van der Waals surface area contributed by atoms with E-state index in [2.05, 4.69) is 15.4 Å². The molecular weight excluding hydrogens is 309 g/mol. The third-order valence-corrected chi connectivity index (χ3v) is 3.71. The van der Waals surface area contributed by atoms with Crippen LogP contribution in [0, 0.1) is 0 Å². The minimum atomic E-state index is -4.83. The SMILES string of the molecule is CC(C)NC(=O)c1ccc(C2CCNCC2)cc1OC(F)(F)F. The normalized spacial score (nSPS) is 16.4. The Balaban J connectivity index is 2.31. The van der Waals surface area contributed by atoms with Crippen molar-refractivity contribution in [2.45, 2.75) is 45.0 Å². The van der Waals surface area contributed by atoms with Gasteiger partial charge in [-0.1, -0.05) is 6.07 Å². The minimum absolute atomic E-state index is 0.103. The molecule has 1 aromatic rings. The fourth-order valence-electron chi connectivity index (χ4n) is 2.68. The highest BCUT2D eigenvalue weighted by atomic mass is 19.4. The largest absolute Gasteiger partial charge is 0.573 e. The van der Waals surface area contributed by atoms with E-state index in [-0.39, 0.29) is 17.5 Å². The number of nitrogens with one attached hydrogen (secondary N) is 2. The summed E-state index contributed by atoms with van der Waals surface area (Å²) in [6.07, 6.45) is -3.13. The van der Waals surface area contributed by atoms with E-state index in [1.807, 2.05) is 0 Å². The van der Waals surface area contributed by atoms with Gasteiger partial charge in [-0.05, 0) is 63.4 Å². The Kier molecular flexibility index (Phi) is 5.51. The smallest absolute Gasteiger partial charge is 0.405 e. The predicted molar refractivity (Wildman–Crippen MR) is 80.6 cm³/mol. The van der Waals surface area contributed by atoms with E-state index in [4.69, 9.17) is 0 Å². The highest BCUT2D eigenvalue weighted by molar-refractivity contribution is 5.97. The van der Waals surface area contributed by atoms with Crippen molar-refractivity contribution in [2.24, 2.45) is 0 Å². The van der Waals surface area contributed by atoms with Gasteiger partial charge in [0.25, 0.3) is 5.91 Å². The second kappa shape index (κ2) is 7.21. The fraction of sp³-hybridized carbons (Fsp3) is 0.562. The molecule has 0 bridgehead atoms. The van der Waals surface area contributed by atoms with Crippen LogP contribution in [0.5, 0.6) is 5.75 Å². The monoisotopic (exact) mass is 330 g/mol. The number of ether oxygens (including phenoxy) is 1. The Morgan fingerprint density at radius 3 is 2.52 bits per heavy atom. The predicted octanol–water partition coefficient (Wildman–Crippen LogP) is 3.19. The Bertz CT molecular complexity index is 553. The number of amides is 1. The van der Waals surface area contributed by atoms with E-state index < -0.39 is 18.0 Å². The maximum absolute atomic E-state index is 12.7. The van der Waals surface area contributed by atoms with Gasteiger partial charge in [-0.15, -0.1) is 13.2 Å². The molecule has 1 saturated heterocycles. The van der Waals surface area contributed by atoms with Gasteiger partial charge in [0.05, 0.1) is 5.56 Å². The molecule has 1 aliphatic rings. The van der Waals surface area contributed by atoms with Crippen LogP contribution in [0.15, 0.2) is 18.2 Å². The fourth-order valence-corrected chi connectivity index (χ4v) is 2.68. The first-order valence-electron chi connectivity index (χ1n) is 7.67. The Morgan fingerprint density at radius 1 is 1.30 bits per heavy atom. The van der Waals surface area contributed by atoms with E-state index >= 15 is 0 Å². The molecule has 0 aliphatic carbocycles. The zero-order chi connectivity index (χ0) is 17.0. The van der Waals surface area contributed by atoms with Gasteiger partial charge >= 0.3 is 6.36 Å². The molecule has 0 spiro atoms. The number of piperidine rings is 1. The summed E-state index contributed by atoms with van der Waals surface area (Å²) in [4.78, 5) is 12.1. The number of hydrogen-bond acceptors (Lipinski definition) is 3. The lowest BCUT2D eigenvalue weighted by Gasteiger charge is -2.24. The molecule has 1 amide bonds. The molecular formula is C16H21F3N2O2. The summed E-state index contributed by atoms with van der Waals surface area (Å²) in [6, 6.07) is 4.30. The van der Waals surface area contributed by atoms with Gasteiger partial charge in [-0.2, -0.15) is 0 Å². The molecule has 1 heterocycles. The van der Waals surface area contributed by atoms with Gasteiger partial charge in [0.2, 0.25) is 0 Å². The lowest BCUT2D eigenvalue weighted by atomic mass is 9.89.